The number of nitriles is 1. The highest BCUT2D eigenvalue weighted by molar-refractivity contribution is 8.04. The maximum Gasteiger partial charge on any atom is 0.410 e. The number of thiol groups is 1. The molecule has 0 bridgehead atoms. The van der Waals surface area contributed by atoms with E-state index in [-0.39, 0.29) is 16.9 Å². The van der Waals surface area contributed by atoms with Crippen LogP contribution in [-0.2, 0) is 22.2 Å². The molecule has 5 rings (SSSR count). The minimum Gasteiger partial charge on any atom is -0.465 e. The van der Waals surface area contributed by atoms with Gasteiger partial charge in [-0.15, -0.1) is 0 Å². The highest BCUT2D eigenvalue weighted by Crippen LogP contribution is 2.59. The number of hydrogen-bond donors (Lipinski definition) is 5. The molecule has 1 aliphatic carbocycles. The lowest BCUT2D eigenvalue weighted by Gasteiger charge is -2.57. The van der Waals surface area contributed by atoms with Crippen LogP contribution in [0.1, 0.15) is 62.5 Å². The Labute approximate surface area is 221 Å². The van der Waals surface area contributed by atoms with E-state index < -0.39 is 37.6 Å². The molecule has 38 heavy (non-hydrogen) atoms. The van der Waals surface area contributed by atoms with E-state index in [2.05, 4.69) is 31.4 Å². The van der Waals surface area contributed by atoms with Gasteiger partial charge in [0.15, 0.2) is 0 Å². The summed E-state index contributed by atoms with van der Waals surface area (Å²) >= 11 is 0. The lowest BCUT2D eigenvalue weighted by molar-refractivity contribution is 0.199. The van der Waals surface area contributed by atoms with E-state index in [1.165, 1.54) is 18.3 Å². The topological polar surface area (TPSA) is 152 Å². The van der Waals surface area contributed by atoms with Gasteiger partial charge in [0.1, 0.15) is 34.8 Å². The third kappa shape index (κ3) is 4.14. The summed E-state index contributed by atoms with van der Waals surface area (Å²) in [7, 11) is -3.34. The number of nitrogens with one attached hydrogen (secondary N) is 3. The first-order valence-corrected chi connectivity index (χ1v) is 14.3. The van der Waals surface area contributed by atoms with Crippen molar-refractivity contribution < 1.29 is 18.5 Å². The van der Waals surface area contributed by atoms with Crippen molar-refractivity contribution in [3.63, 3.8) is 0 Å². The van der Waals surface area contributed by atoms with Gasteiger partial charge in [0.05, 0.1) is 27.8 Å². The molecule has 0 radical (unpaired) electrons. The highest BCUT2D eigenvalue weighted by Gasteiger charge is 2.64. The average molecular weight is 542 g/mol. The second kappa shape index (κ2) is 8.81. The monoisotopic (exact) mass is 541 g/mol. The SMILES string of the molecule is Cc1cc(C#N)cnc1CNc1ccc(F)c([C@@]2(C)N=C(NC(=O)O)C(C)(C)[SH]3(=O)NCC4(CC4)C[C@H]23)n1. The minimum absolute atomic E-state index is 0.00567. The molecule has 2 aromatic rings. The van der Waals surface area contributed by atoms with Crippen LogP contribution in [0.25, 0.3) is 0 Å². The fourth-order valence-electron chi connectivity index (χ4n) is 5.72. The van der Waals surface area contributed by atoms with Crippen molar-refractivity contribution in [2.24, 2.45) is 10.4 Å². The van der Waals surface area contributed by atoms with Gasteiger partial charge in [-0.05, 0) is 86.3 Å². The molecule has 0 aromatic carbocycles. The van der Waals surface area contributed by atoms with Crippen molar-refractivity contribution in [1.29, 1.82) is 5.26 Å². The summed E-state index contributed by atoms with van der Waals surface area (Å²) in [4.78, 5) is 25.4. The highest BCUT2D eigenvalue weighted by atomic mass is 32.3. The summed E-state index contributed by atoms with van der Waals surface area (Å²) in [6.45, 7) is 7.87. The number of halogens is 1. The van der Waals surface area contributed by atoms with Crippen LogP contribution < -0.4 is 15.4 Å². The van der Waals surface area contributed by atoms with Crippen molar-refractivity contribution >= 4 is 27.9 Å². The van der Waals surface area contributed by atoms with Gasteiger partial charge in [0, 0.05) is 12.7 Å². The van der Waals surface area contributed by atoms with Crippen LogP contribution in [0.2, 0.25) is 0 Å². The maximum absolute atomic E-state index is 15.5. The Morgan fingerprint density at radius 3 is 2.71 bits per heavy atom. The number of carboxylic acid groups (broad SMARTS) is 1. The molecule has 1 amide bonds. The average Bonchev–Trinajstić information content (AvgIpc) is 3.63. The number of amides is 1. The molecular formula is C26H32FN7O3S. The molecule has 202 valence electrons. The molecule has 4 N–H and O–H groups in total. The third-order valence-corrected chi connectivity index (χ3v) is 12.5. The number of nitrogens with zero attached hydrogens (tertiary/aromatic N) is 4. The zero-order valence-corrected chi connectivity index (χ0v) is 22.7. The number of aromatic nitrogens is 2. The maximum atomic E-state index is 15.5. The number of carbonyl (C=O) groups is 1. The second-order valence-electron chi connectivity index (χ2n) is 11.3. The number of rotatable bonds is 4. The lowest BCUT2D eigenvalue weighted by atomic mass is 9.84. The lowest BCUT2D eigenvalue weighted by Crippen LogP contribution is -2.71. The second-order valence-corrected chi connectivity index (χ2v) is 14.7. The Morgan fingerprint density at radius 1 is 1.34 bits per heavy atom. The Balaban J connectivity index is 1.56. The molecule has 10 nitrogen and oxygen atoms in total. The fourth-order valence-corrected chi connectivity index (χ4v) is 9.64. The van der Waals surface area contributed by atoms with E-state index in [1.54, 1.807) is 26.8 Å². The molecule has 12 heteroatoms. The first-order chi connectivity index (χ1) is 17.8. The smallest absolute Gasteiger partial charge is 0.410 e. The van der Waals surface area contributed by atoms with Crippen molar-refractivity contribution in [3.05, 3.63) is 52.7 Å². The molecule has 2 aliphatic heterocycles. The van der Waals surface area contributed by atoms with Crippen LogP contribution in [0.3, 0.4) is 0 Å². The summed E-state index contributed by atoms with van der Waals surface area (Å²) in [6, 6.07) is 6.61. The number of anilines is 1. The number of amidine groups is 1. The summed E-state index contributed by atoms with van der Waals surface area (Å²) < 4.78 is 32.5. The molecule has 1 saturated carbocycles. The normalized spacial score (nSPS) is 26.8. The van der Waals surface area contributed by atoms with E-state index in [0.29, 0.717) is 36.6 Å². The van der Waals surface area contributed by atoms with Crippen molar-refractivity contribution in [3.8, 4) is 6.07 Å². The Kier molecular flexibility index (Phi) is 6.07. The minimum atomic E-state index is -3.34. The number of aryl methyl sites for hydroxylation is 1. The van der Waals surface area contributed by atoms with Crippen LogP contribution in [-0.4, -0.2) is 47.8 Å². The van der Waals surface area contributed by atoms with Crippen LogP contribution >= 0.6 is 0 Å². The molecular weight excluding hydrogens is 509 g/mol. The van der Waals surface area contributed by atoms with Gasteiger partial charge >= 0.3 is 6.09 Å². The van der Waals surface area contributed by atoms with Crippen LogP contribution in [0.5, 0.6) is 0 Å². The summed E-state index contributed by atoms with van der Waals surface area (Å²) in [5.41, 5.74) is 0.633. The molecule has 1 spiro atoms. The van der Waals surface area contributed by atoms with Gasteiger partial charge in [-0.25, -0.2) is 14.2 Å². The number of pyridine rings is 2. The third-order valence-electron chi connectivity index (χ3n) is 8.42. The van der Waals surface area contributed by atoms with E-state index in [9.17, 15) is 14.1 Å². The first-order valence-electron chi connectivity index (χ1n) is 12.6. The van der Waals surface area contributed by atoms with Crippen molar-refractivity contribution in [2.75, 3.05) is 11.9 Å². The van der Waals surface area contributed by atoms with E-state index in [0.717, 1.165) is 18.4 Å². The van der Waals surface area contributed by atoms with Crippen molar-refractivity contribution in [2.45, 2.75) is 69.0 Å². The van der Waals surface area contributed by atoms with E-state index in [1.807, 2.05) is 6.92 Å². The Morgan fingerprint density at radius 2 is 2.08 bits per heavy atom. The van der Waals surface area contributed by atoms with Gasteiger partial charge in [-0.3, -0.25) is 24.2 Å². The number of hydrogen-bond acceptors (Lipinski definition) is 7. The molecule has 1 saturated heterocycles. The predicted molar refractivity (Wildman–Crippen MR) is 143 cm³/mol. The zero-order chi connectivity index (χ0) is 27.5. The van der Waals surface area contributed by atoms with Crippen LogP contribution in [0, 0.1) is 29.5 Å². The molecule has 4 heterocycles. The van der Waals surface area contributed by atoms with Gasteiger partial charge in [0.2, 0.25) is 0 Å². The van der Waals surface area contributed by atoms with Gasteiger partial charge < -0.3 is 10.4 Å². The van der Waals surface area contributed by atoms with Gasteiger partial charge in [-0.2, -0.15) is 5.26 Å². The Hall–Kier alpha value is -3.43. The van der Waals surface area contributed by atoms with E-state index in [4.69, 9.17) is 10.3 Å². The van der Waals surface area contributed by atoms with E-state index >= 15 is 4.39 Å². The van der Waals surface area contributed by atoms with Gasteiger partial charge in [-0.1, -0.05) is 0 Å². The van der Waals surface area contributed by atoms with Crippen LogP contribution in [0.15, 0.2) is 29.4 Å². The zero-order valence-electron chi connectivity index (χ0n) is 21.8. The Bertz CT molecular complexity index is 1450. The van der Waals surface area contributed by atoms with Crippen LogP contribution in [0.4, 0.5) is 15.0 Å². The fraction of sp³-hybridized carbons (Fsp3) is 0.500. The quantitative estimate of drug-likeness (QED) is 0.373. The molecule has 2 fully saturated rings. The number of fused-ring (bicyclic) bond motifs is 1. The largest absolute Gasteiger partial charge is 0.465 e. The first kappa shape index (κ1) is 26.2. The molecule has 3 aliphatic rings. The molecule has 2 aromatic heterocycles. The standard InChI is InChI=1S/C26H32FN7O3S/c1-15-9-16(11-28)12-29-18(15)13-30-20-6-5-17(27)21(32-20)25(4)19-10-26(7-8-26)14-31-38(19,37)24(2,3)22(34-25)33-23(35)36/h5-6,9,12,19,38H,7-8,10,13-14H2,1-4H3,(H,30,32)(H,31,37)(H,33,34)(H,35,36)/t19-,25+/m1/s1. The molecule has 0 unspecified atom stereocenters. The summed E-state index contributed by atoms with van der Waals surface area (Å²) in [6.07, 6.45) is 2.74. The number of aliphatic imine (C=N–C) groups is 1. The predicted octanol–water partition coefficient (Wildman–Crippen LogP) is 3.16. The molecule has 2 atom stereocenters. The van der Waals surface area contributed by atoms with Gasteiger partial charge in [0.25, 0.3) is 0 Å². The summed E-state index contributed by atoms with van der Waals surface area (Å²) in [5, 5.41) is 23.5. The summed E-state index contributed by atoms with van der Waals surface area (Å²) in [5.74, 6) is -0.199. The van der Waals surface area contributed by atoms with Crippen molar-refractivity contribution in [1.82, 2.24) is 20.0 Å².